The third-order valence-electron chi connectivity index (χ3n) is 8.03. The highest BCUT2D eigenvalue weighted by Crippen LogP contribution is 2.42. The molecule has 2 heterocycles. The second kappa shape index (κ2) is 11.9. The fraction of sp³-hybridized carbons (Fsp3) is 0.552. The molecule has 0 bridgehead atoms. The lowest BCUT2D eigenvalue weighted by Gasteiger charge is -2.44. The molecule has 41 heavy (non-hydrogen) atoms. The third-order valence-corrected chi connectivity index (χ3v) is 8.03. The van der Waals surface area contributed by atoms with Crippen molar-refractivity contribution >= 4 is 5.97 Å². The zero-order chi connectivity index (χ0) is 30.2. The number of carboxylic acid groups (broad SMARTS) is 1. The van der Waals surface area contributed by atoms with Gasteiger partial charge in [0.25, 0.3) is 0 Å². The number of alkyl halides is 6. The number of likely N-dealkylation sites (tertiary alicyclic amines) is 1. The Morgan fingerprint density at radius 3 is 2.27 bits per heavy atom. The zero-order valence-electron chi connectivity index (χ0n) is 22.6. The van der Waals surface area contributed by atoms with Gasteiger partial charge in [-0.05, 0) is 87.0 Å². The summed E-state index contributed by atoms with van der Waals surface area (Å²) in [5.41, 5.74) is -3.49. The van der Waals surface area contributed by atoms with Crippen LogP contribution in [0.1, 0.15) is 67.4 Å². The Bertz CT molecular complexity index is 1180. The first-order chi connectivity index (χ1) is 19.1. The molecule has 0 amide bonds. The summed E-state index contributed by atoms with van der Waals surface area (Å²) < 4.78 is 106. The molecule has 2 aromatic rings. The van der Waals surface area contributed by atoms with Gasteiger partial charge in [0.05, 0.1) is 29.3 Å². The van der Waals surface area contributed by atoms with Crippen molar-refractivity contribution in [1.82, 2.24) is 4.90 Å². The highest BCUT2D eigenvalue weighted by molar-refractivity contribution is 5.74. The maximum absolute atomic E-state index is 13.8. The van der Waals surface area contributed by atoms with E-state index in [4.69, 9.17) is 9.47 Å². The van der Waals surface area contributed by atoms with Crippen LogP contribution in [0.25, 0.3) is 0 Å². The molecule has 1 N–H and O–H groups in total. The molecule has 0 unspecified atom stereocenters. The van der Waals surface area contributed by atoms with E-state index >= 15 is 0 Å². The maximum atomic E-state index is 13.8. The van der Waals surface area contributed by atoms with Gasteiger partial charge >= 0.3 is 18.3 Å². The molecule has 0 aliphatic carbocycles. The van der Waals surface area contributed by atoms with E-state index in [9.17, 15) is 40.6 Å². The highest BCUT2D eigenvalue weighted by atomic mass is 19.4. The first kappa shape index (κ1) is 31.2. The molecule has 2 fully saturated rings. The van der Waals surface area contributed by atoms with Crippen molar-refractivity contribution in [1.29, 1.82) is 0 Å². The molecule has 5 atom stereocenters. The van der Waals surface area contributed by atoms with Gasteiger partial charge in [-0.25, -0.2) is 4.39 Å². The molecule has 0 spiro atoms. The molecule has 2 saturated heterocycles. The topological polar surface area (TPSA) is 59.0 Å². The molecule has 12 heteroatoms. The normalized spacial score (nSPS) is 27.0. The van der Waals surface area contributed by atoms with E-state index in [1.165, 1.54) is 19.1 Å². The quantitative estimate of drug-likeness (QED) is 0.343. The molecule has 5 nitrogen and oxygen atoms in total. The highest BCUT2D eigenvalue weighted by Gasteiger charge is 2.43. The van der Waals surface area contributed by atoms with Crippen LogP contribution < -0.4 is 0 Å². The summed E-state index contributed by atoms with van der Waals surface area (Å²) >= 11 is 0. The lowest BCUT2D eigenvalue weighted by molar-refractivity contribution is -0.211. The number of ether oxygens (including phenoxy) is 2. The second-order valence-corrected chi connectivity index (χ2v) is 11.2. The van der Waals surface area contributed by atoms with Crippen LogP contribution in [-0.4, -0.2) is 48.5 Å². The minimum atomic E-state index is -5.00. The van der Waals surface area contributed by atoms with Crippen LogP contribution in [0.15, 0.2) is 42.5 Å². The number of halogens is 7. The van der Waals surface area contributed by atoms with E-state index in [1.807, 2.05) is 4.90 Å². The number of carbonyl (C=O) groups is 1. The van der Waals surface area contributed by atoms with Gasteiger partial charge in [-0.15, -0.1) is 0 Å². The van der Waals surface area contributed by atoms with Gasteiger partial charge < -0.3 is 19.5 Å². The van der Waals surface area contributed by atoms with Crippen molar-refractivity contribution in [2.45, 2.75) is 63.8 Å². The van der Waals surface area contributed by atoms with Crippen molar-refractivity contribution in [3.8, 4) is 0 Å². The lowest BCUT2D eigenvalue weighted by Crippen LogP contribution is -2.49. The molecule has 0 aromatic heterocycles. The van der Waals surface area contributed by atoms with Crippen molar-refractivity contribution in [3.63, 3.8) is 0 Å². The van der Waals surface area contributed by atoms with Crippen LogP contribution in [0.4, 0.5) is 30.7 Å². The molecule has 0 radical (unpaired) electrons. The standard InChI is InChI=1S/C29H32F7NO4/c1-17(20-12-21(28(31,32)33)14-22(13-20)29(34,35)36)41-25-24(18-4-6-23(30)7-5-18)19(8-11-40-25)15-37-10-3-9-27(2,16-37)26(38)39/h4-7,12-14,17,19,24-25H,3,8-11,15-16H2,1-2H3,(H,38,39)/t17-,19+,24-,25-,27-/m1/s1. The van der Waals surface area contributed by atoms with Gasteiger partial charge in [-0.2, -0.15) is 26.3 Å². The summed E-state index contributed by atoms with van der Waals surface area (Å²) in [6, 6.07) is 6.94. The number of aliphatic carboxylic acids is 1. The van der Waals surface area contributed by atoms with Crippen LogP contribution in [0.5, 0.6) is 0 Å². The molecule has 2 aliphatic heterocycles. The van der Waals surface area contributed by atoms with Crippen molar-refractivity contribution in [2.75, 3.05) is 26.2 Å². The van der Waals surface area contributed by atoms with Crippen LogP contribution >= 0.6 is 0 Å². The van der Waals surface area contributed by atoms with Gasteiger partial charge in [0.2, 0.25) is 0 Å². The minimum absolute atomic E-state index is 0.0637. The Hall–Kier alpha value is -2.70. The molecule has 2 aromatic carbocycles. The van der Waals surface area contributed by atoms with E-state index < -0.39 is 59.0 Å². The van der Waals surface area contributed by atoms with Gasteiger partial charge in [-0.3, -0.25) is 4.79 Å². The van der Waals surface area contributed by atoms with Gasteiger partial charge in [0, 0.05) is 19.0 Å². The molecule has 0 saturated carbocycles. The summed E-state index contributed by atoms with van der Waals surface area (Å²) in [5.74, 6) is -2.09. The zero-order valence-corrected chi connectivity index (χ0v) is 22.6. The van der Waals surface area contributed by atoms with E-state index in [2.05, 4.69) is 0 Å². The van der Waals surface area contributed by atoms with E-state index in [1.54, 1.807) is 19.1 Å². The van der Waals surface area contributed by atoms with Crippen LogP contribution in [0.2, 0.25) is 0 Å². The summed E-state index contributed by atoms with van der Waals surface area (Å²) in [7, 11) is 0. The van der Waals surface area contributed by atoms with Crippen molar-refractivity contribution in [2.24, 2.45) is 11.3 Å². The van der Waals surface area contributed by atoms with Crippen LogP contribution in [-0.2, 0) is 26.6 Å². The second-order valence-electron chi connectivity index (χ2n) is 11.2. The Morgan fingerprint density at radius 2 is 1.71 bits per heavy atom. The smallest absolute Gasteiger partial charge is 0.416 e. The van der Waals surface area contributed by atoms with Crippen molar-refractivity contribution < 1.29 is 50.1 Å². The minimum Gasteiger partial charge on any atom is -0.481 e. The first-order valence-corrected chi connectivity index (χ1v) is 13.3. The largest absolute Gasteiger partial charge is 0.481 e. The number of rotatable bonds is 7. The van der Waals surface area contributed by atoms with Gasteiger partial charge in [0.1, 0.15) is 5.82 Å². The molecular weight excluding hydrogens is 559 g/mol. The number of carboxylic acids is 1. The van der Waals surface area contributed by atoms with E-state index in [0.717, 1.165) is 0 Å². The number of nitrogens with zero attached hydrogens (tertiary/aromatic N) is 1. The molecule has 4 rings (SSSR count). The first-order valence-electron chi connectivity index (χ1n) is 13.3. The average molecular weight is 592 g/mol. The number of hydrogen-bond acceptors (Lipinski definition) is 4. The Kier molecular flexibility index (Phi) is 9.06. The Labute approximate surface area is 233 Å². The molecule has 2 aliphatic rings. The SMILES string of the molecule is C[C@@H](O[C@H]1OCC[C@@H](CN2CCC[C@@](C)(C(=O)O)C2)[C@H]1c1ccc(F)cc1)c1cc(C(F)(F)F)cc(C(F)(F)F)c1. The summed E-state index contributed by atoms with van der Waals surface area (Å²) in [4.78, 5) is 13.9. The predicted molar refractivity (Wildman–Crippen MR) is 134 cm³/mol. The van der Waals surface area contributed by atoms with Crippen molar-refractivity contribution in [3.05, 3.63) is 70.5 Å². The maximum Gasteiger partial charge on any atom is 0.416 e. The third kappa shape index (κ3) is 7.39. The number of piperidine rings is 1. The predicted octanol–water partition coefficient (Wildman–Crippen LogP) is 7.27. The van der Waals surface area contributed by atoms with Crippen LogP contribution in [0, 0.1) is 17.2 Å². The summed E-state index contributed by atoms with van der Waals surface area (Å²) in [6.45, 7) is 4.71. The van der Waals surface area contributed by atoms with E-state index in [0.29, 0.717) is 56.6 Å². The van der Waals surface area contributed by atoms with E-state index in [-0.39, 0.29) is 24.2 Å². The van der Waals surface area contributed by atoms with Gasteiger partial charge in [-0.1, -0.05) is 12.1 Å². The number of hydrogen-bond donors (Lipinski definition) is 1. The summed E-state index contributed by atoms with van der Waals surface area (Å²) in [5, 5.41) is 9.72. The number of benzene rings is 2. The van der Waals surface area contributed by atoms with Crippen LogP contribution in [0.3, 0.4) is 0 Å². The summed E-state index contributed by atoms with van der Waals surface area (Å²) in [6.07, 6.45) is -10.5. The fourth-order valence-corrected chi connectivity index (χ4v) is 5.78. The lowest BCUT2D eigenvalue weighted by atomic mass is 9.78. The molecule has 226 valence electrons. The fourth-order valence-electron chi connectivity index (χ4n) is 5.78. The monoisotopic (exact) mass is 591 g/mol. The molecular formula is C29H32F7NO4. The Morgan fingerprint density at radius 1 is 1.10 bits per heavy atom. The van der Waals surface area contributed by atoms with Gasteiger partial charge in [0.15, 0.2) is 6.29 Å². The average Bonchev–Trinajstić information content (AvgIpc) is 2.88. The Balaban J connectivity index is 1.63.